The van der Waals surface area contributed by atoms with Crippen molar-refractivity contribution < 1.29 is 42.8 Å². The first kappa shape index (κ1) is 18.2. The molecular weight excluding hydrogens is 395 g/mol. The number of methoxy groups -OCH3 is 3. The summed E-state index contributed by atoms with van der Waals surface area (Å²) in [6, 6.07) is 3.65. The molecule has 118 valence electrons. The second-order valence-electron chi connectivity index (χ2n) is 4.39. The number of benzene rings is 1. The normalized spacial score (nSPS) is 10.2. The van der Waals surface area contributed by atoms with Gasteiger partial charge >= 0.3 is 0 Å². The SMILES string of the molecule is COc1cc(OC)c(/C=C/c2cncc[n+]2C)c(OC)c1.[I-]. The van der Waals surface area contributed by atoms with Crippen molar-refractivity contribution in [2.45, 2.75) is 0 Å². The monoisotopic (exact) mass is 414 g/mol. The van der Waals surface area contributed by atoms with E-state index in [0.717, 1.165) is 11.3 Å². The lowest BCUT2D eigenvalue weighted by molar-refractivity contribution is -0.673. The van der Waals surface area contributed by atoms with Crippen LogP contribution in [0.4, 0.5) is 0 Å². The van der Waals surface area contributed by atoms with Crippen molar-refractivity contribution in [2.75, 3.05) is 21.3 Å². The highest BCUT2D eigenvalue weighted by atomic mass is 127. The molecule has 0 fully saturated rings. The van der Waals surface area contributed by atoms with Gasteiger partial charge in [0.05, 0.1) is 39.3 Å². The van der Waals surface area contributed by atoms with Crippen LogP contribution < -0.4 is 42.8 Å². The molecule has 1 aromatic carbocycles. The molecule has 0 aliphatic carbocycles. The van der Waals surface area contributed by atoms with E-state index in [2.05, 4.69) is 4.98 Å². The highest BCUT2D eigenvalue weighted by molar-refractivity contribution is 5.75. The van der Waals surface area contributed by atoms with Crippen LogP contribution in [0, 0.1) is 0 Å². The summed E-state index contributed by atoms with van der Waals surface area (Å²) in [5, 5.41) is 0. The van der Waals surface area contributed by atoms with Gasteiger partial charge in [-0.15, -0.1) is 0 Å². The maximum atomic E-state index is 5.42. The molecule has 0 aliphatic rings. The van der Waals surface area contributed by atoms with Crippen LogP contribution in [-0.4, -0.2) is 26.3 Å². The molecule has 5 nitrogen and oxygen atoms in total. The summed E-state index contributed by atoms with van der Waals surface area (Å²) in [7, 11) is 6.81. The summed E-state index contributed by atoms with van der Waals surface area (Å²) < 4.78 is 18.0. The lowest BCUT2D eigenvalue weighted by atomic mass is 10.1. The van der Waals surface area contributed by atoms with Gasteiger partial charge in [0.15, 0.2) is 6.20 Å². The smallest absolute Gasteiger partial charge is 0.223 e. The largest absolute Gasteiger partial charge is 1.00 e. The molecule has 0 radical (unpaired) electrons. The van der Waals surface area contributed by atoms with Crippen molar-refractivity contribution in [3.05, 3.63) is 42.0 Å². The van der Waals surface area contributed by atoms with Gasteiger partial charge in [0.25, 0.3) is 0 Å². The van der Waals surface area contributed by atoms with Gasteiger partial charge in [-0.2, -0.15) is 4.57 Å². The van der Waals surface area contributed by atoms with Gasteiger partial charge in [-0.3, -0.25) is 4.98 Å². The topological polar surface area (TPSA) is 44.5 Å². The van der Waals surface area contributed by atoms with Crippen LogP contribution in [0.2, 0.25) is 0 Å². The molecule has 0 spiro atoms. The molecule has 0 aliphatic heterocycles. The van der Waals surface area contributed by atoms with Gasteiger partial charge in [-0.1, -0.05) is 0 Å². The molecule has 2 aromatic rings. The summed E-state index contributed by atoms with van der Waals surface area (Å²) in [5.74, 6) is 2.07. The molecule has 0 amide bonds. The Morgan fingerprint density at radius 2 is 1.64 bits per heavy atom. The molecule has 0 saturated heterocycles. The zero-order valence-corrected chi connectivity index (χ0v) is 15.2. The minimum atomic E-state index is 0. The fourth-order valence-electron chi connectivity index (χ4n) is 1.96. The molecule has 0 unspecified atom stereocenters. The molecule has 6 heteroatoms. The average molecular weight is 414 g/mol. The Labute approximate surface area is 147 Å². The van der Waals surface area contributed by atoms with E-state index in [4.69, 9.17) is 14.2 Å². The predicted octanol–water partition coefficient (Wildman–Crippen LogP) is -0.894. The Kier molecular flexibility index (Phi) is 7.10. The summed E-state index contributed by atoms with van der Waals surface area (Å²) in [6.07, 6.45) is 9.32. The predicted molar refractivity (Wildman–Crippen MR) is 80.4 cm³/mol. The van der Waals surface area contributed by atoms with Crippen molar-refractivity contribution in [1.29, 1.82) is 0 Å². The summed E-state index contributed by atoms with van der Waals surface area (Å²) in [5.41, 5.74) is 1.82. The second-order valence-corrected chi connectivity index (χ2v) is 4.39. The van der Waals surface area contributed by atoms with Crippen molar-refractivity contribution in [2.24, 2.45) is 7.05 Å². The molecular formula is C16H19IN2O3. The van der Waals surface area contributed by atoms with Crippen molar-refractivity contribution in [1.82, 2.24) is 4.98 Å². The Morgan fingerprint density at radius 3 is 2.14 bits per heavy atom. The van der Waals surface area contributed by atoms with E-state index in [-0.39, 0.29) is 24.0 Å². The third-order valence-corrected chi connectivity index (χ3v) is 3.16. The van der Waals surface area contributed by atoms with Crippen LogP contribution in [-0.2, 0) is 7.05 Å². The Balaban J connectivity index is 0.00000242. The van der Waals surface area contributed by atoms with E-state index in [1.54, 1.807) is 33.7 Å². The van der Waals surface area contributed by atoms with Gasteiger partial charge in [0, 0.05) is 18.2 Å². The van der Waals surface area contributed by atoms with Crippen molar-refractivity contribution in [3.8, 4) is 17.2 Å². The fourth-order valence-corrected chi connectivity index (χ4v) is 1.96. The third-order valence-electron chi connectivity index (χ3n) is 3.16. The van der Waals surface area contributed by atoms with E-state index in [0.29, 0.717) is 17.2 Å². The van der Waals surface area contributed by atoms with Gasteiger partial charge in [-0.25, -0.2) is 0 Å². The van der Waals surface area contributed by atoms with E-state index < -0.39 is 0 Å². The number of halogens is 1. The van der Waals surface area contributed by atoms with Crippen LogP contribution in [0.25, 0.3) is 12.2 Å². The van der Waals surface area contributed by atoms with Crippen LogP contribution >= 0.6 is 0 Å². The summed E-state index contributed by atoms with van der Waals surface area (Å²) in [4.78, 5) is 4.12. The maximum absolute atomic E-state index is 5.42. The summed E-state index contributed by atoms with van der Waals surface area (Å²) >= 11 is 0. The van der Waals surface area contributed by atoms with Gasteiger partial charge < -0.3 is 38.2 Å². The Bertz CT molecular complexity index is 635. The number of aromatic nitrogens is 2. The zero-order chi connectivity index (χ0) is 15.2. The van der Waals surface area contributed by atoms with Crippen LogP contribution in [0.1, 0.15) is 11.3 Å². The van der Waals surface area contributed by atoms with Gasteiger partial charge in [-0.05, 0) is 6.08 Å². The molecule has 22 heavy (non-hydrogen) atoms. The maximum Gasteiger partial charge on any atom is 0.223 e. The quantitative estimate of drug-likeness (QED) is 0.471. The van der Waals surface area contributed by atoms with Gasteiger partial charge in [0.1, 0.15) is 24.3 Å². The minimum absolute atomic E-state index is 0. The lowest BCUT2D eigenvalue weighted by Crippen LogP contribution is -3.00. The molecule has 1 heterocycles. The number of rotatable bonds is 5. The van der Waals surface area contributed by atoms with E-state index in [1.807, 2.05) is 42.1 Å². The number of hydrogen-bond donors (Lipinski definition) is 0. The first-order valence-corrected chi connectivity index (χ1v) is 6.47. The van der Waals surface area contributed by atoms with E-state index in [9.17, 15) is 0 Å². The second kappa shape index (κ2) is 8.57. The first-order valence-electron chi connectivity index (χ1n) is 6.47. The number of aryl methyl sites for hydroxylation is 1. The Hall–Kier alpha value is -1.83. The highest BCUT2D eigenvalue weighted by Gasteiger charge is 2.11. The highest BCUT2D eigenvalue weighted by Crippen LogP contribution is 2.35. The molecule has 0 bridgehead atoms. The molecule has 2 rings (SSSR count). The van der Waals surface area contributed by atoms with Gasteiger partial charge in [0.2, 0.25) is 5.69 Å². The van der Waals surface area contributed by atoms with Crippen LogP contribution in [0.15, 0.2) is 30.7 Å². The molecule has 0 N–H and O–H groups in total. The molecule has 0 saturated carbocycles. The van der Waals surface area contributed by atoms with Crippen molar-refractivity contribution >= 4 is 12.2 Å². The molecule has 0 atom stereocenters. The standard InChI is InChI=1S/C16H19N2O3.HI/c1-18-8-7-17-11-12(18)5-6-14-15(20-3)9-13(19-2)10-16(14)21-4;/h5-11H,1-4H3;1H/q+1;/p-1/b6-5+;. The summed E-state index contributed by atoms with van der Waals surface area (Å²) in [6.45, 7) is 0. The van der Waals surface area contributed by atoms with Crippen molar-refractivity contribution in [3.63, 3.8) is 0 Å². The fraction of sp³-hybridized carbons (Fsp3) is 0.250. The minimum Gasteiger partial charge on any atom is -1.00 e. The van der Waals surface area contributed by atoms with E-state index in [1.165, 1.54) is 0 Å². The third kappa shape index (κ3) is 4.09. The lowest BCUT2D eigenvalue weighted by Gasteiger charge is -2.12. The molecule has 1 aromatic heterocycles. The number of hydrogen-bond acceptors (Lipinski definition) is 4. The number of nitrogens with zero attached hydrogens (tertiary/aromatic N) is 2. The average Bonchev–Trinajstić information content (AvgIpc) is 2.53. The Morgan fingerprint density at radius 1 is 1.00 bits per heavy atom. The van der Waals surface area contributed by atoms with E-state index >= 15 is 0 Å². The first-order chi connectivity index (χ1) is 10.2. The van der Waals surface area contributed by atoms with Crippen LogP contribution in [0.5, 0.6) is 17.2 Å². The zero-order valence-electron chi connectivity index (χ0n) is 13.0. The van der Waals surface area contributed by atoms with Crippen LogP contribution in [0.3, 0.4) is 0 Å². The number of ether oxygens (including phenoxy) is 3.